The number of alkyl halides is 3. The summed E-state index contributed by atoms with van der Waals surface area (Å²) in [5, 5.41) is 2.73. The molecule has 0 spiro atoms. The molecule has 2 amide bonds. The zero-order valence-electron chi connectivity index (χ0n) is 17.3. The van der Waals surface area contributed by atoms with Gasteiger partial charge in [-0.1, -0.05) is 49.7 Å². The van der Waals surface area contributed by atoms with Gasteiger partial charge >= 0.3 is 6.36 Å². The zero-order valence-corrected chi connectivity index (χ0v) is 17.3. The molecule has 0 aliphatic carbocycles. The van der Waals surface area contributed by atoms with Gasteiger partial charge in [-0.3, -0.25) is 9.59 Å². The van der Waals surface area contributed by atoms with Crippen molar-refractivity contribution in [1.82, 2.24) is 10.2 Å². The van der Waals surface area contributed by atoms with E-state index in [1.54, 1.807) is 44.2 Å². The van der Waals surface area contributed by atoms with E-state index in [2.05, 4.69) is 10.1 Å². The van der Waals surface area contributed by atoms with Gasteiger partial charge in [-0.15, -0.1) is 13.2 Å². The summed E-state index contributed by atoms with van der Waals surface area (Å²) < 4.78 is 41.9. The molecule has 0 bridgehead atoms. The molecule has 8 heteroatoms. The third-order valence-electron chi connectivity index (χ3n) is 4.52. The molecule has 1 unspecified atom stereocenters. The van der Waals surface area contributed by atoms with Gasteiger partial charge in [-0.25, -0.2) is 0 Å². The lowest BCUT2D eigenvalue weighted by Gasteiger charge is -2.27. The standard InChI is InChI=1S/C22H25F3N2O3/c1-14(2)19(26-20(28)16-11-9-15(3)10-12-16)21(29)27(4)13-17-7-5-6-8-18(17)30-22(23,24)25/h5-12,14,19H,13H2,1-4H3,(H,26,28). The van der Waals surface area contributed by atoms with Crippen LogP contribution in [0.5, 0.6) is 5.75 Å². The van der Waals surface area contributed by atoms with Crippen molar-refractivity contribution >= 4 is 11.8 Å². The molecule has 1 atom stereocenters. The van der Waals surface area contributed by atoms with Crippen LogP contribution in [0, 0.1) is 12.8 Å². The van der Waals surface area contributed by atoms with Crippen molar-refractivity contribution in [2.45, 2.75) is 39.7 Å². The lowest BCUT2D eigenvalue weighted by molar-refractivity contribution is -0.275. The number of hydrogen-bond acceptors (Lipinski definition) is 3. The Morgan fingerprint density at radius 3 is 2.23 bits per heavy atom. The molecule has 1 N–H and O–H groups in total. The number of hydrogen-bond donors (Lipinski definition) is 1. The van der Waals surface area contributed by atoms with Gasteiger partial charge in [0.15, 0.2) is 0 Å². The summed E-state index contributed by atoms with van der Waals surface area (Å²) >= 11 is 0. The number of benzene rings is 2. The molecule has 30 heavy (non-hydrogen) atoms. The number of likely N-dealkylation sites (N-methyl/N-ethyl adjacent to an activating group) is 1. The molecule has 0 radical (unpaired) electrons. The van der Waals surface area contributed by atoms with Gasteiger partial charge in [0.2, 0.25) is 5.91 Å². The first-order valence-corrected chi connectivity index (χ1v) is 9.44. The summed E-state index contributed by atoms with van der Waals surface area (Å²) in [4.78, 5) is 26.8. The van der Waals surface area contributed by atoms with Crippen molar-refractivity contribution in [3.63, 3.8) is 0 Å². The van der Waals surface area contributed by atoms with E-state index in [1.165, 1.54) is 30.1 Å². The lowest BCUT2D eigenvalue weighted by Crippen LogP contribution is -2.50. The number of para-hydroxylation sites is 1. The van der Waals surface area contributed by atoms with Gasteiger partial charge < -0.3 is 15.0 Å². The van der Waals surface area contributed by atoms with Gasteiger partial charge in [0.1, 0.15) is 11.8 Å². The summed E-state index contributed by atoms with van der Waals surface area (Å²) in [6.45, 7) is 5.37. The Balaban J connectivity index is 2.14. The van der Waals surface area contributed by atoms with Crippen molar-refractivity contribution < 1.29 is 27.5 Å². The Labute approximate surface area is 173 Å². The van der Waals surface area contributed by atoms with E-state index in [9.17, 15) is 22.8 Å². The molecule has 0 saturated carbocycles. The summed E-state index contributed by atoms with van der Waals surface area (Å²) in [5.41, 5.74) is 1.63. The van der Waals surface area contributed by atoms with Crippen LogP contribution in [-0.2, 0) is 11.3 Å². The molecule has 2 aromatic carbocycles. The highest BCUT2D eigenvalue weighted by Gasteiger charge is 2.33. The second-order valence-corrected chi connectivity index (χ2v) is 7.41. The quantitative estimate of drug-likeness (QED) is 0.724. The lowest BCUT2D eigenvalue weighted by atomic mass is 10.0. The minimum absolute atomic E-state index is 0.102. The molecule has 162 valence electrons. The Bertz CT molecular complexity index is 880. The van der Waals surface area contributed by atoms with Crippen molar-refractivity contribution in [3.05, 3.63) is 65.2 Å². The van der Waals surface area contributed by atoms with Crippen molar-refractivity contribution in [2.24, 2.45) is 5.92 Å². The minimum Gasteiger partial charge on any atom is -0.405 e. The summed E-state index contributed by atoms with van der Waals surface area (Å²) in [7, 11) is 1.47. The first kappa shape index (κ1) is 23.3. The van der Waals surface area contributed by atoms with Crippen molar-refractivity contribution in [3.8, 4) is 5.75 Å². The van der Waals surface area contributed by atoms with E-state index in [0.717, 1.165) is 5.56 Å². The van der Waals surface area contributed by atoms with E-state index in [1.807, 2.05) is 6.92 Å². The van der Waals surface area contributed by atoms with Crippen LogP contribution in [0.4, 0.5) is 13.2 Å². The fourth-order valence-electron chi connectivity index (χ4n) is 2.87. The number of carbonyl (C=O) groups excluding carboxylic acids is 2. The predicted molar refractivity (Wildman–Crippen MR) is 107 cm³/mol. The first-order valence-electron chi connectivity index (χ1n) is 9.44. The molecule has 0 fully saturated rings. The van der Waals surface area contributed by atoms with Crippen LogP contribution >= 0.6 is 0 Å². The van der Waals surface area contributed by atoms with Crippen LogP contribution in [0.15, 0.2) is 48.5 Å². The molecule has 0 aliphatic heterocycles. The summed E-state index contributed by atoms with van der Waals surface area (Å²) in [6.07, 6.45) is -4.83. The molecule has 0 saturated heterocycles. The number of nitrogens with one attached hydrogen (secondary N) is 1. The zero-order chi connectivity index (χ0) is 22.5. The Kier molecular flexibility index (Phi) is 7.48. The second kappa shape index (κ2) is 9.65. The van der Waals surface area contributed by atoms with Gasteiger partial charge in [0.05, 0.1) is 0 Å². The number of halogens is 3. The van der Waals surface area contributed by atoms with Gasteiger partial charge in [-0.2, -0.15) is 0 Å². The SMILES string of the molecule is Cc1ccc(C(=O)NC(C(=O)N(C)Cc2ccccc2OC(F)(F)F)C(C)C)cc1. The van der Waals surface area contributed by atoms with Crippen molar-refractivity contribution in [1.29, 1.82) is 0 Å². The molecule has 0 heterocycles. The highest BCUT2D eigenvalue weighted by molar-refractivity contribution is 5.97. The van der Waals surface area contributed by atoms with E-state index in [0.29, 0.717) is 5.56 Å². The fraction of sp³-hybridized carbons (Fsp3) is 0.364. The van der Waals surface area contributed by atoms with Crippen LogP contribution in [-0.4, -0.2) is 36.2 Å². The van der Waals surface area contributed by atoms with E-state index < -0.39 is 24.2 Å². The number of aryl methyl sites for hydroxylation is 1. The average molecular weight is 422 g/mol. The maximum absolute atomic E-state index is 13.0. The van der Waals surface area contributed by atoms with Crippen LogP contribution in [0.1, 0.15) is 35.3 Å². The normalized spacial score (nSPS) is 12.4. The molecule has 0 aliphatic rings. The number of carbonyl (C=O) groups is 2. The smallest absolute Gasteiger partial charge is 0.405 e. The van der Waals surface area contributed by atoms with Crippen LogP contribution in [0.25, 0.3) is 0 Å². The van der Waals surface area contributed by atoms with E-state index in [-0.39, 0.29) is 23.8 Å². The van der Waals surface area contributed by atoms with Crippen molar-refractivity contribution in [2.75, 3.05) is 7.05 Å². The van der Waals surface area contributed by atoms with Crippen LogP contribution in [0.3, 0.4) is 0 Å². The number of nitrogens with zero attached hydrogens (tertiary/aromatic N) is 1. The molecule has 5 nitrogen and oxygen atoms in total. The van der Waals surface area contributed by atoms with Gasteiger partial charge in [0.25, 0.3) is 5.91 Å². The monoisotopic (exact) mass is 422 g/mol. The average Bonchev–Trinajstić information content (AvgIpc) is 2.66. The largest absolute Gasteiger partial charge is 0.573 e. The Morgan fingerprint density at radius 2 is 1.67 bits per heavy atom. The van der Waals surface area contributed by atoms with Crippen LogP contribution in [0.2, 0.25) is 0 Å². The highest BCUT2D eigenvalue weighted by atomic mass is 19.4. The number of ether oxygens (including phenoxy) is 1. The number of amides is 2. The summed E-state index contributed by atoms with van der Waals surface area (Å²) in [5.74, 6) is -1.39. The number of rotatable bonds is 7. The fourth-order valence-corrected chi connectivity index (χ4v) is 2.87. The van der Waals surface area contributed by atoms with E-state index in [4.69, 9.17) is 0 Å². The minimum atomic E-state index is -4.83. The maximum atomic E-state index is 13.0. The molecular formula is C22H25F3N2O3. The molecule has 2 rings (SSSR count). The summed E-state index contributed by atoms with van der Waals surface area (Å²) in [6, 6.07) is 11.7. The highest BCUT2D eigenvalue weighted by Crippen LogP contribution is 2.27. The Hall–Kier alpha value is -3.03. The van der Waals surface area contributed by atoms with Gasteiger partial charge in [-0.05, 0) is 31.0 Å². The first-order chi connectivity index (χ1) is 14.0. The third kappa shape index (κ3) is 6.50. The topological polar surface area (TPSA) is 58.6 Å². The van der Waals surface area contributed by atoms with Crippen LogP contribution < -0.4 is 10.1 Å². The Morgan fingerprint density at radius 1 is 1.07 bits per heavy atom. The third-order valence-corrected chi connectivity index (χ3v) is 4.52. The molecule has 2 aromatic rings. The van der Waals surface area contributed by atoms with Gasteiger partial charge in [0, 0.05) is 24.7 Å². The second-order valence-electron chi connectivity index (χ2n) is 7.41. The molecule has 0 aromatic heterocycles. The predicted octanol–water partition coefficient (Wildman–Crippen LogP) is 4.31. The maximum Gasteiger partial charge on any atom is 0.573 e. The molecular weight excluding hydrogens is 397 g/mol. The van der Waals surface area contributed by atoms with E-state index >= 15 is 0 Å².